The number of hydrogen-bond donors (Lipinski definition) is 0. The smallest absolute Gasteiger partial charge is 0.166 e. The van der Waals surface area contributed by atoms with Gasteiger partial charge in [0, 0.05) is 18.0 Å². The van der Waals surface area contributed by atoms with Crippen LogP contribution in [0.1, 0.15) is 28.8 Å². The van der Waals surface area contributed by atoms with Gasteiger partial charge in [0.2, 0.25) is 0 Å². The third kappa shape index (κ3) is 4.68. The lowest BCUT2D eigenvalue weighted by Crippen LogP contribution is -2.38. The second-order valence-electron chi connectivity index (χ2n) is 6.33. The first-order valence-electron chi connectivity index (χ1n) is 8.71. The van der Waals surface area contributed by atoms with Crippen LogP contribution >= 0.6 is 0 Å². The highest BCUT2D eigenvalue weighted by atomic mass is 16.5. The van der Waals surface area contributed by atoms with Crippen molar-refractivity contribution >= 4 is 5.78 Å². The Balaban J connectivity index is 1.42. The fourth-order valence-corrected chi connectivity index (χ4v) is 3.20. The molecule has 2 aromatic carbocycles. The maximum Gasteiger partial charge on any atom is 0.166 e. The second-order valence-corrected chi connectivity index (χ2v) is 6.33. The second kappa shape index (κ2) is 8.46. The van der Waals surface area contributed by atoms with E-state index in [0.717, 1.165) is 43.8 Å². The van der Waals surface area contributed by atoms with E-state index in [-0.39, 0.29) is 11.7 Å². The molecule has 1 fully saturated rings. The molecule has 1 saturated heterocycles. The topological polar surface area (TPSA) is 53.3 Å². The lowest BCUT2D eigenvalue weighted by molar-refractivity contribution is 0.0827. The van der Waals surface area contributed by atoms with Crippen molar-refractivity contribution in [2.45, 2.75) is 12.8 Å². The number of benzene rings is 2. The molecule has 1 heterocycles. The Bertz CT molecular complexity index is 744. The van der Waals surface area contributed by atoms with E-state index >= 15 is 0 Å². The van der Waals surface area contributed by atoms with Crippen molar-refractivity contribution in [1.29, 1.82) is 5.26 Å². The zero-order valence-electron chi connectivity index (χ0n) is 14.2. The van der Waals surface area contributed by atoms with Crippen LogP contribution in [0.25, 0.3) is 0 Å². The summed E-state index contributed by atoms with van der Waals surface area (Å²) in [5.74, 6) is 1.13. The lowest BCUT2D eigenvalue weighted by Gasteiger charge is -2.31. The molecule has 128 valence electrons. The van der Waals surface area contributed by atoms with Gasteiger partial charge in [0.15, 0.2) is 5.78 Å². The van der Waals surface area contributed by atoms with E-state index in [1.165, 1.54) is 0 Å². The molecule has 0 spiro atoms. The summed E-state index contributed by atoms with van der Waals surface area (Å²) in [5, 5.41) is 8.90. The Morgan fingerprint density at radius 1 is 1.12 bits per heavy atom. The molecule has 0 unspecified atom stereocenters. The van der Waals surface area contributed by atoms with Gasteiger partial charge in [0.25, 0.3) is 0 Å². The summed E-state index contributed by atoms with van der Waals surface area (Å²) >= 11 is 0. The van der Waals surface area contributed by atoms with Crippen LogP contribution in [-0.2, 0) is 0 Å². The molecule has 1 aliphatic heterocycles. The van der Waals surface area contributed by atoms with Crippen LogP contribution < -0.4 is 4.74 Å². The molecule has 0 saturated carbocycles. The van der Waals surface area contributed by atoms with E-state index < -0.39 is 0 Å². The van der Waals surface area contributed by atoms with Crippen LogP contribution in [0.4, 0.5) is 0 Å². The zero-order valence-corrected chi connectivity index (χ0v) is 14.2. The van der Waals surface area contributed by atoms with Crippen LogP contribution in [0.15, 0.2) is 54.6 Å². The number of ketones is 1. The summed E-state index contributed by atoms with van der Waals surface area (Å²) < 4.78 is 5.74. The normalized spacial score (nSPS) is 15.5. The molecule has 3 rings (SSSR count). The SMILES string of the molecule is N#Cc1cccc(OCCN2CCC(C(=O)c3ccccc3)CC2)c1. The first-order valence-corrected chi connectivity index (χ1v) is 8.71. The third-order valence-electron chi connectivity index (χ3n) is 4.66. The van der Waals surface area contributed by atoms with Gasteiger partial charge in [-0.05, 0) is 44.1 Å². The highest BCUT2D eigenvalue weighted by molar-refractivity contribution is 5.97. The summed E-state index contributed by atoms with van der Waals surface area (Å²) in [4.78, 5) is 14.8. The van der Waals surface area contributed by atoms with Crippen molar-refractivity contribution in [2.75, 3.05) is 26.2 Å². The maximum atomic E-state index is 12.5. The number of nitriles is 1. The molecule has 1 aliphatic rings. The fourth-order valence-electron chi connectivity index (χ4n) is 3.20. The van der Waals surface area contributed by atoms with Crippen LogP contribution in [0.2, 0.25) is 0 Å². The van der Waals surface area contributed by atoms with Gasteiger partial charge in [-0.2, -0.15) is 5.26 Å². The molecule has 0 aliphatic carbocycles. The molecule has 0 amide bonds. The first kappa shape index (κ1) is 17.2. The fraction of sp³-hybridized carbons (Fsp3) is 0.333. The number of nitrogens with zero attached hydrogens (tertiary/aromatic N) is 2. The molecule has 25 heavy (non-hydrogen) atoms. The number of piperidine rings is 1. The van der Waals surface area contributed by atoms with Crippen molar-refractivity contribution in [3.8, 4) is 11.8 Å². The number of carbonyl (C=O) groups excluding carboxylic acids is 1. The van der Waals surface area contributed by atoms with E-state index in [1.807, 2.05) is 42.5 Å². The minimum atomic E-state index is 0.131. The molecular formula is C21H22N2O2. The van der Waals surface area contributed by atoms with E-state index in [2.05, 4.69) is 11.0 Å². The highest BCUT2D eigenvalue weighted by Gasteiger charge is 2.25. The molecule has 2 aromatic rings. The van der Waals surface area contributed by atoms with Gasteiger partial charge < -0.3 is 4.74 Å². The van der Waals surface area contributed by atoms with E-state index in [9.17, 15) is 4.79 Å². The number of ether oxygens (including phenoxy) is 1. The van der Waals surface area contributed by atoms with Crippen molar-refractivity contribution in [3.05, 3.63) is 65.7 Å². The zero-order chi connectivity index (χ0) is 17.5. The highest BCUT2D eigenvalue weighted by Crippen LogP contribution is 2.21. The first-order chi connectivity index (χ1) is 12.3. The summed E-state index contributed by atoms with van der Waals surface area (Å²) in [5.41, 5.74) is 1.43. The van der Waals surface area contributed by atoms with Gasteiger partial charge in [0.1, 0.15) is 12.4 Å². The predicted octanol–water partition coefficient (Wildman–Crippen LogP) is 3.53. The molecule has 0 radical (unpaired) electrons. The maximum absolute atomic E-state index is 12.5. The van der Waals surface area contributed by atoms with Gasteiger partial charge >= 0.3 is 0 Å². The van der Waals surface area contributed by atoms with E-state index in [1.54, 1.807) is 12.1 Å². The Morgan fingerprint density at radius 2 is 1.88 bits per heavy atom. The van der Waals surface area contributed by atoms with Gasteiger partial charge in [-0.1, -0.05) is 36.4 Å². The van der Waals surface area contributed by atoms with E-state index in [4.69, 9.17) is 10.00 Å². The molecule has 0 bridgehead atoms. The van der Waals surface area contributed by atoms with Gasteiger partial charge in [-0.25, -0.2) is 0 Å². The Morgan fingerprint density at radius 3 is 2.60 bits per heavy atom. The predicted molar refractivity (Wildman–Crippen MR) is 96.6 cm³/mol. The summed E-state index contributed by atoms with van der Waals surface area (Å²) in [7, 11) is 0. The van der Waals surface area contributed by atoms with Crippen molar-refractivity contribution in [2.24, 2.45) is 5.92 Å². The Hall–Kier alpha value is -2.64. The molecule has 0 N–H and O–H groups in total. The van der Waals surface area contributed by atoms with Gasteiger partial charge in [0.05, 0.1) is 11.6 Å². The van der Waals surface area contributed by atoms with E-state index in [0.29, 0.717) is 12.2 Å². The molecule has 0 aromatic heterocycles. The van der Waals surface area contributed by atoms with Gasteiger partial charge in [-0.3, -0.25) is 9.69 Å². The number of rotatable bonds is 6. The summed E-state index contributed by atoms with van der Waals surface area (Å²) in [6, 6.07) is 18.9. The largest absolute Gasteiger partial charge is 0.492 e. The minimum Gasteiger partial charge on any atom is -0.492 e. The quantitative estimate of drug-likeness (QED) is 0.758. The number of likely N-dealkylation sites (tertiary alicyclic amines) is 1. The average molecular weight is 334 g/mol. The summed E-state index contributed by atoms with van der Waals surface area (Å²) in [6.45, 7) is 3.27. The van der Waals surface area contributed by atoms with Crippen molar-refractivity contribution in [3.63, 3.8) is 0 Å². The monoisotopic (exact) mass is 334 g/mol. The summed E-state index contributed by atoms with van der Waals surface area (Å²) in [6.07, 6.45) is 1.80. The van der Waals surface area contributed by atoms with Gasteiger partial charge in [-0.15, -0.1) is 0 Å². The number of Topliss-reactive ketones (excluding diaryl/α,β-unsaturated/α-hetero) is 1. The molecular weight excluding hydrogens is 312 g/mol. The van der Waals surface area contributed by atoms with Crippen molar-refractivity contribution in [1.82, 2.24) is 4.90 Å². The van der Waals surface area contributed by atoms with Crippen LogP contribution in [0.3, 0.4) is 0 Å². The number of hydrogen-bond acceptors (Lipinski definition) is 4. The Kier molecular flexibility index (Phi) is 5.81. The van der Waals surface area contributed by atoms with Crippen LogP contribution in [-0.4, -0.2) is 36.9 Å². The number of carbonyl (C=O) groups is 1. The molecule has 4 nitrogen and oxygen atoms in total. The Labute approximate surface area is 148 Å². The standard InChI is InChI=1S/C21H22N2O2/c22-16-17-5-4-8-20(15-17)25-14-13-23-11-9-19(10-12-23)21(24)18-6-2-1-3-7-18/h1-8,15,19H,9-14H2. The van der Waals surface area contributed by atoms with Crippen LogP contribution in [0.5, 0.6) is 5.75 Å². The van der Waals surface area contributed by atoms with Crippen LogP contribution in [0, 0.1) is 17.2 Å². The lowest BCUT2D eigenvalue weighted by atomic mass is 9.89. The average Bonchev–Trinajstić information content (AvgIpc) is 2.69. The van der Waals surface area contributed by atoms with Crippen molar-refractivity contribution < 1.29 is 9.53 Å². The minimum absolute atomic E-state index is 0.131. The third-order valence-corrected chi connectivity index (χ3v) is 4.66. The molecule has 4 heteroatoms. The molecule has 0 atom stereocenters.